The Morgan fingerprint density at radius 1 is 1.33 bits per heavy atom. The highest BCUT2D eigenvalue weighted by atomic mass is 15.1. The maximum atomic E-state index is 4.09. The number of nitrogens with zero attached hydrogens (tertiary/aromatic N) is 1. The first kappa shape index (κ1) is 11.6. The van der Waals surface area contributed by atoms with Crippen molar-refractivity contribution in [2.45, 2.75) is 27.7 Å². The first-order chi connectivity index (χ1) is 6.97. The molecule has 1 nitrogen and oxygen atoms in total. The van der Waals surface area contributed by atoms with Crippen LogP contribution in [0.5, 0.6) is 0 Å². The molecule has 0 aromatic rings. The van der Waals surface area contributed by atoms with Gasteiger partial charge in [0, 0.05) is 17.6 Å². The van der Waals surface area contributed by atoms with Gasteiger partial charge in [-0.15, -0.1) is 0 Å². The molecule has 0 fully saturated rings. The van der Waals surface area contributed by atoms with E-state index in [9.17, 15) is 0 Å². The van der Waals surface area contributed by atoms with Crippen LogP contribution in [-0.2, 0) is 0 Å². The standard InChI is InChI=1S/C14H19N/c1-7-14-8-11(4)9-15(13(14)6)12(5)10(2)3/h7-9H,1,6H2,2-5H3. The van der Waals surface area contributed by atoms with E-state index in [4.69, 9.17) is 0 Å². The van der Waals surface area contributed by atoms with Crippen molar-refractivity contribution in [1.82, 2.24) is 4.90 Å². The third kappa shape index (κ3) is 2.30. The largest absolute Gasteiger partial charge is 0.321 e. The van der Waals surface area contributed by atoms with Crippen molar-refractivity contribution in [3.8, 4) is 0 Å². The molecule has 0 bridgehead atoms. The molecular weight excluding hydrogens is 182 g/mol. The average molecular weight is 201 g/mol. The molecule has 0 radical (unpaired) electrons. The summed E-state index contributed by atoms with van der Waals surface area (Å²) in [6.07, 6.45) is 6.06. The quantitative estimate of drug-likeness (QED) is 0.649. The molecule has 0 aromatic carbocycles. The van der Waals surface area contributed by atoms with Crippen LogP contribution in [-0.4, -0.2) is 4.90 Å². The fourth-order valence-corrected chi connectivity index (χ4v) is 1.50. The van der Waals surface area contributed by atoms with Crippen LogP contribution >= 0.6 is 0 Å². The lowest BCUT2D eigenvalue weighted by Crippen LogP contribution is -2.18. The molecule has 1 heterocycles. The van der Waals surface area contributed by atoms with Gasteiger partial charge in [-0.2, -0.15) is 0 Å². The van der Waals surface area contributed by atoms with Crippen LogP contribution < -0.4 is 0 Å². The van der Waals surface area contributed by atoms with Gasteiger partial charge in [0.05, 0.1) is 0 Å². The van der Waals surface area contributed by atoms with Gasteiger partial charge in [-0.25, -0.2) is 0 Å². The molecule has 0 aromatic heterocycles. The third-order valence-electron chi connectivity index (χ3n) is 2.64. The first-order valence-corrected chi connectivity index (χ1v) is 5.12. The Kier molecular flexibility index (Phi) is 3.35. The van der Waals surface area contributed by atoms with E-state index in [1.807, 2.05) is 6.08 Å². The third-order valence-corrected chi connectivity index (χ3v) is 2.64. The lowest BCUT2D eigenvalue weighted by Gasteiger charge is -2.29. The topological polar surface area (TPSA) is 3.24 Å². The van der Waals surface area contributed by atoms with E-state index in [1.165, 1.54) is 16.8 Å². The Balaban J connectivity index is 3.16. The molecule has 0 saturated carbocycles. The molecule has 0 atom stereocenters. The average Bonchev–Trinajstić information content (AvgIpc) is 2.19. The van der Waals surface area contributed by atoms with Crippen molar-refractivity contribution in [2.75, 3.05) is 0 Å². The Labute approximate surface area is 92.8 Å². The van der Waals surface area contributed by atoms with Crippen molar-refractivity contribution in [2.24, 2.45) is 0 Å². The SMILES string of the molecule is C=CC1=CC(C)=CN(C(C)=C(C)C)C1=C. The number of allylic oxidation sites excluding steroid dienone is 5. The van der Waals surface area contributed by atoms with Crippen LogP contribution in [0.1, 0.15) is 27.7 Å². The van der Waals surface area contributed by atoms with Crippen LogP contribution in [0.4, 0.5) is 0 Å². The molecule has 0 spiro atoms. The summed E-state index contributed by atoms with van der Waals surface area (Å²) in [5.74, 6) is 0. The smallest absolute Gasteiger partial charge is 0.0452 e. The minimum atomic E-state index is 0.995. The maximum Gasteiger partial charge on any atom is 0.0452 e. The molecule has 15 heavy (non-hydrogen) atoms. The molecule has 0 N–H and O–H groups in total. The second kappa shape index (κ2) is 4.35. The Morgan fingerprint density at radius 3 is 2.40 bits per heavy atom. The molecule has 0 aliphatic carbocycles. The fourth-order valence-electron chi connectivity index (χ4n) is 1.50. The lowest BCUT2D eigenvalue weighted by molar-refractivity contribution is 0.571. The molecule has 1 rings (SSSR count). The van der Waals surface area contributed by atoms with Crippen molar-refractivity contribution >= 4 is 0 Å². The number of hydrogen-bond acceptors (Lipinski definition) is 1. The minimum absolute atomic E-state index is 0.995. The predicted octanol–water partition coefficient (Wildman–Crippen LogP) is 4.15. The highest BCUT2D eigenvalue weighted by molar-refractivity contribution is 5.47. The second-order valence-corrected chi connectivity index (χ2v) is 4.08. The summed E-state index contributed by atoms with van der Waals surface area (Å²) in [5, 5.41) is 0. The van der Waals surface area contributed by atoms with Crippen molar-refractivity contribution < 1.29 is 0 Å². The zero-order valence-corrected chi connectivity index (χ0v) is 10.1. The summed E-state index contributed by atoms with van der Waals surface area (Å²) in [7, 11) is 0. The van der Waals surface area contributed by atoms with Gasteiger partial charge in [-0.3, -0.25) is 0 Å². The molecule has 0 unspecified atom stereocenters. The van der Waals surface area contributed by atoms with Crippen molar-refractivity contribution in [3.63, 3.8) is 0 Å². The predicted molar refractivity (Wildman–Crippen MR) is 67.1 cm³/mol. The molecule has 80 valence electrons. The molecule has 0 saturated heterocycles. The van der Waals surface area contributed by atoms with Gasteiger partial charge in [-0.05, 0) is 44.9 Å². The van der Waals surface area contributed by atoms with Gasteiger partial charge in [0.15, 0.2) is 0 Å². The van der Waals surface area contributed by atoms with Crippen LogP contribution in [0, 0.1) is 0 Å². The van der Waals surface area contributed by atoms with Crippen LogP contribution in [0.2, 0.25) is 0 Å². The van der Waals surface area contributed by atoms with Gasteiger partial charge >= 0.3 is 0 Å². The second-order valence-electron chi connectivity index (χ2n) is 4.08. The van der Waals surface area contributed by atoms with E-state index in [0.29, 0.717) is 0 Å². The summed E-state index contributed by atoms with van der Waals surface area (Å²) in [5.41, 5.74) is 5.83. The Hall–Kier alpha value is -1.50. The van der Waals surface area contributed by atoms with Gasteiger partial charge in [0.1, 0.15) is 0 Å². The Bertz CT molecular complexity index is 388. The zero-order chi connectivity index (χ0) is 11.6. The van der Waals surface area contributed by atoms with E-state index in [0.717, 1.165) is 11.3 Å². The van der Waals surface area contributed by atoms with E-state index >= 15 is 0 Å². The summed E-state index contributed by atoms with van der Waals surface area (Å²) in [6.45, 7) is 16.3. The van der Waals surface area contributed by atoms with Gasteiger partial charge in [-0.1, -0.05) is 24.8 Å². The summed E-state index contributed by atoms with van der Waals surface area (Å²) in [4.78, 5) is 2.13. The highest BCUT2D eigenvalue weighted by Gasteiger charge is 2.14. The van der Waals surface area contributed by atoms with Crippen LogP contribution in [0.3, 0.4) is 0 Å². The summed E-state index contributed by atoms with van der Waals surface area (Å²) < 4.78 is 0. The lowest BCUT2D eigenvalue weighted by atomic mass is 10.0. The monoisotopic (exact) mass is 201 g/mol. The highest BCUT2D eigenvalue weighted by Crippen LogP contribution is 2.27. The van der Waals surface area contributed by atoms with Crippen molar-refractivity contribution in [3.05, 3.63) is 59.6 Å². The van der Waals surface area contributed by atoms with E-state index in [1.54, 1.807) is 0 Å². The van der Waals surface area contributed by atoms with Gasteiger partial charge in [0.25, 0.3) is 0 Å². The van der Waals surface area contributed by atoms with E-state index < -0.39 is 0 Å². The van der Waals surface area contributed by atoms with Crippen LogP contribution in [0.25, 0.3) is 0 Å². The normalized spacial score (nSPS) is 15.7. The molecule has 1 heteroatoms. The number of rotatable bonds is 2. The van der Waals surface area contributed by atoms with E-state index in [-0.39, 0.29) is 0 Å². The maximum absolute atomic E-state index is 4.09. The molecule has 1 aliphatic heterocycles. The Morgan fingerprint density at radius 2 is 1.93 bits per heavy atom. The first-order valence-electron chi connectivity index (χ1n) is 5.12. The summed E-state index contributed by atoms with van der Waals surface area (Å²) >= 11 is 0. The fraction of sp³-hybridized carbons (Fsp3) is 0.286. The van der Waals surface area contributed by atoms with Crippen molar-refractivity contribution in [1.29, 1.82) is 0 Å². The molecular formula is C14H19N. The van der Waals surface area contributed by atoms with E-state index in [2.05, 4.69) is 58.0 Å². The summed E-state index contributed by atoms with van der Waals surface area (Å²) in [6, 6.07) is 0. The minimum Gasteiger partial charge on any atom is -0.321 e. The van der Waals surface area contributed by atoms with Crippen LogP contribution in [0.15, 0.2) is 59.6 Å². The molecule has 1 aliphatic rings. The van der Waals surface area contributed by atoms with Gasteiger partial charge in [0.2, 0.25) is 0 Å². The number of hydrogen-bond donors (Lipinski definition) is 0. The zero-order valence-electron chi connectivity index (χ0n) is 10.1. The molecule has 0 amide bonds. The van der Waals surface area contributed by atoms with Gasteiger partial charge < -0.3 is 4.90 Å².